The molecule has 0 spiro atoms. The number of methoxy groups -OCH3 is 2. The van der Waals surface area contributed by atoms with Crippen LogP contribution in [0.3, 0.4) is 0 Å². The van der Waals surface area contributed by atoms with Crippen molar-refractivity contribution < 1.29 is 64.0 Å². The molecule has 0 aromatic heterocycles. The summed E-state index contributed by atoms with van der Waals surface area (Å²) in [6.07, 6.45) is -2.56. The Morgan fingerprint density at radius 3 is 1.33 bits per heavy atom. The predicted molar refractivity (Wildman–Crippen MR) is 170 cm³/mol. The van der Waals surface area contributed by atoms with E-state index in [1.165, 1.54) is 50.6 Å². The molecule has 254 valence electrons. The Labute approximate surface area is 277 Å². The lowest BCUT2D eigenvalue weighted by atomic mass is 9.81. The second-order valence-corrected chi connectivity index (χ2v) is 10.9. The number of aromatic carboxylic acids is 2. The molecule has 4 aromatic carbocycles. The summed E-state index contributed by atoms with van der Waals surface area (Å²) in [7, 11) is 2.60. The van der Waals surface area contributed by atoms with Gasteiger partial charge in [0.1, 0.15) is 11.5 Å². The Morgan fingerprint density at radius 1 is 0.592 bits per heavy atom. The number of phenolic OH excluding ortho intramolecular Hbond substituents is 4. The van der Waals surface area contributed by atoms with Crippen molar-refractivity contribution in [2.24, 2.45) is 11.8 Å². The molecule has 2 amide bonds. The highest BCUT2D eigenvalue weighted by atomic mass is 16.5. The maximum Gasteiger partial charge on any atom is 0.337 e. The molecule has 49 heavy (non-hydrogen) atoms. The van der Waals surface area contributed by atoms with Crippen molar-refractivity contribution in [1.29, 1.82) is 0 Å². The lowest BCUT2D eigenvalue weighted by Gasteiger charge is -2.24. The third kappa shape index (κ3) is 6.82. The van der Waals surface area contributed by atoms with Crippen LogP contribution in [0, 0.1) is 11.8 Å². The summed E-state index contributed by atoms with van der Waals surface area (Å²) < 4.78 is 16.9. The van der Waals surface area contributed by atoms with Gasteiger partial charge in [-0.2, -0.15) is 0 Å². The average Bonchev–Trinajstić information content (AvgIpc) is 3.47. The topological polar surface area (TPSA) is 241 Å². The van der Waals surface area contributed by atoms with E-state index in [2.05, 4.69) is 10.6 Å². The third-order valence-corrected chi connectivity index (χ3v) is 7.99. The number of carboxylic acids is 2. The van der Waals surface area contributed by atoms with Crippen LogP contribution in [0.4, 0.5) is 11.4 Å². The van der Waals surface area contributed by atoms with Crippen LogP contribution in [-0.2, 0) is 14.3 Å². The van der Waals surface area contributed by atoms with E-state index in [9.17, 15) is 49.8 Å². The van der Waals surface area contributed by atoms with Gasteiger partial charge in [-0.25, -0.2) is 9.59 Å². The van der Waals surface area contributed by atoms with Gasteiger partial charge in [0.15, 0.2) is 23.0 Å². The van der Waals surface area contributed by atoms with Gasteiger partial charge in [0, 0.05) is 0 Å². The number of hydrogen-bond acceptors (Lipinski definition) is 11. The fraction of sp³-hybridized carbons (Fsp3) is 0.176. The summed E-state index contributed by atoms with van der Waals surface area (Å²) in [6, 6.07) is 14.7. The zero-order valence-corrected chi connectivity index (χ0v) is 25.8. The van der Waals surface area contributed by atoms with Crippen molar-refractivity contribution in [3.05, 3.63) is 95.1 Å². The van der Waals surface area contributed by atoms with Crippen LogP contribution < -0.4 is 20.1 Å². The number of benzene rings is 4. The molecule has 0 saturated carbocycles. The van der Waals surface area contributed by atoms with E-state index in [1.807, 2.05) is 0 Å². The maximum absolute atomic E-state index is 14.3. The summed E-state index contributed by atoms with van der Waals surface area (Å²) >= 11 is 0. The largest absolute Gasteiger partial charge is 0.508 e. The van der Waals surface area contributed by atoms with Crippen LogP contribution in [0.25, 0.3) is 0 Å². The summed E-state index contributed by atoms with van der Waals surface area (Å²) in [5, 5.41) is 64.9. The normalized spacial score (nSPS) is 18.3. The minimum Gasteiger partial charge on any atom is -0.508 e. The zero-order valence-electron chi connectivity index (χ0n) is 25.8. The second kappa shape index (κ2) is 13.7. The van der Waals surface area contributed by atoms with E-state index in [0.717, 1.165) is 36.4 Å². The van der Waals surface area contributed by atoms with Gasteiger partial charge in [-0.1, -0.05) is 12.1 Å². The summed E-state index contributed by atoms with van der Waals surface area (Å²) in [5.41, 5.74) is -0.796. The molecule has 1 heterocycles. The number of phenols is 4. The van der Waals surface area contributed by atoms with Gasteiger partial charge in [0.05, 0.1) is 60.8 Å². The molecule has 0 radical (unpaired) electrons. The van der Waals surface area contributed by atoms with E-state index in [-0.39, 0.29) is 57.0 Å². The van der Waals surface area contributed by atoms with Gasteiger partial charge < -0.3 is 55.5 Å². The Bertz CT molecular complexity index is 1820. The number of nitrogens with one attached hydrogen (secondary N) is 2. The molecule has 1 saturated heterocycles. The minimum absolute atomic E-state index is 0.0119. The SMILES string of the molecule is COc1cc([C@H]2O[C@H](c3ccc(O)c(OC)c3)[C@@H](C(=O)Nc3ccc(O)cc3C(=O)O)[C@H]2C(=O)Nc2ccc(O)cc2C(=O)O)ccc1O. The van der Waals surface area contributed by atoms with Crippen LogP contribution in [0.15, 0.2) is 72.8 Å². The highest BCUT2D eigenvalue weighted by molar-refractivity contribution is 6.06. The quantitative estimate of drug-likeness (QED) is 0.110. The molecule has 15 heteroatoms. The Hall–Kier alpha value is -6.48. The summed E-state index contributed by atoms with van der Waals surface area (Å²) in [5.74, 6) is -8.91. The van der Waals surface area contributed by atoms with Gasteiger partial charge in [-0.15, -0.1) is 0 Å². The molecule has 1 aliphatic rings. The number of carbonyl (C=O) groups excluding carboxylic acids is 2. The first-order valence-corrected chi connectivity index (χ1v) is 14.5. The number of carboxylic acid groups (broad SMARTS) is 2. The van der Waals surface area contributed by atoms with Crippen LogP contribution in [0.5, 0.6) is 34.5 Å². The molecule has 0 aliphatic carbocycles. The van der Waals surface area contributed by atoms with Crippen LogP contribution in [-0.4, -0.2) is 68.6 Å². The molecule has 1 aliphatic heterocycles. The summed E-state index contributed by atoms with van der Waals surface area (Å²) in [6.45, 7) is 0. The van der Waals surface area contributed by atoms with Crippen molar-refractivity contribution >= 4 is 35.1 Å². The lowest BCUT2D eigenvalue weighted by Crippen LogP contribution is -2.38. The molecule has 4 atom stereocenters. The van der Waals surface area contributed by atoms with Crippen molar-refractivity contribution in [2.45, 2.75) is 12.2 Å². The molecule has 1 fully saturated rings. The van der Waals surface area contributed by atoms with E-state index in [0.29, 0.717) is 0 Å². The smallest absolute Gasteiger partial charge is 0.337 e. The fourth-order valence-electron chi connectivity index (χ4n) is 5.69. The number of carbonyl (C=O) groups is 4. The van der Waals surface area contributed by atoms with Crippen molar-refractivity contribution in [2.75, 3.05) is 24.9 Å². The van der Waals surface area contributed by atoms with E-state index in [1.54, 1.807) is 0 Å². The van der Waals surface area contributed by atoms with Crippen LogP contribution >= 0.6 is 0 Å². The molecule has 15 nitrogen and oxygen atoms in total. The van der Waals surface area contributed by atoms with Crippen molar-refractivity contribution in [1.82, 2.24) is 0 Å². The van der Waals surface area contributed by atoms with Crippen molar-refractivity contribution in [3.8, 4) is 34.5 Å². The molecule has 0 bridgehead atoms. The number of aromatic hydroxyl groups is 4. The second-order valence-electron chi connectivity index (χ2n) is 10.9. The monoisotopic (exact) mass is 674 g/mol. The number of ether oxygens (including phenoxy) is 3. The van der Waals surface area contributed by atoms with Gasteiger partial charge in [-0.3, -0.25) is 9.59 Å². The molecule has 5 rings (SSSR count). The van der Waals surface area contributed by atoms with E-state index >= 15 is 0 Å². The van der Waals surface area contributed by atoms with Gasteiger partial charge >= 0.3 is 11.9 Å². The predicted octanol–water partition coefficient (Wildman–Crippen LogP) is 4.25. The standard InChI is InChI=1S/C34H30N2O13/c1-47-25-11-15(3-9-23(25)39)29-27(31(41)35-21-7-5-17(37)13-19(21)33(43)44)28(30(49-29)16-4-10-24(40)26(12-16)48-2)32(42)36-22-8-6-18(38)14-20(22)34(45)46/h3-14,27-30,37-40H,1-2H3,(H,35,41)(H,36,42)(H,43,44)(H,45,46)/t27-,28+,29-,30-/m1/s1. The van der Waals surface area contributed by atoms with Crippen LogP contribution in [0.1, 0.15) is 44.1 Å². The maximum atomic E-state index is 14.3. The fourth-order valence-corrected chi connectivity index (χ4v) is 5.69. The molecule has 4 aromatic rings. The molecular weight excluding hydrogens is 644 g/mol. The van der Waals surface area contributed by atoms with E-state index < -0.39 is 58.9 Å². The molecule has 0 unspecified atom stereocenters. The minimum atomic E-state index is -1.49. The zero-order chi connectivity index (χ0) is 35.6. The van der Waals surface area contributed by atoms with E-state index in [4.69, 9.17) is 14.2 Å². The summed E-state index contributed by atoms with van der Waals surface area (Å²) in [4.78, 5) is 52.6. The first kappa shape index (κ1) is 33.9. The number of rotatable bonds is 10. The highest BCUT2D eigenvalue weighted by Gasteiger charge is 2.53. The highest BCUT2D eigenvalue weighted by Crippen LogP contribution is 2.52. The Kier molecular flexibility index (Phi) is 9.48. The third-order valence-electron chi connectivity index (χ3n) is 7.99. The lowest BCUT2D eigenvalue weighted by molar-refractivity contribution is -0.128. The van der Waals surface area contributed by atoms with Gasteiger partial charge in [0.25, 0.3) is 0 Å². The average molecular weight is 675 g/mol. The number of anilines is 2. The molecular formula is C34H30N2O13. The van der Waals surface area contributed by atoms with Crippen molar-refractivity contribution in [3.63, 3.8) is 0 Å². The van der Waals surface area contributed by atoms with Gasteiger partial charge in [0.2, 0.25) is 11.8 Å². The Balaban J connectivity index is 1.69. The molecule has 8 N–H and O–H groups in total. The Morgan fingerprint density at radius 2 is 0.980 bits per heavy atom. The first-order chi connectivity index (χ1) is 23.3. The number of hydrogen-bond donors (Lipinski definition) is 8. The van der Waals surface area contributed by atoms with Gasteiger partial charge in [-0.05, 0) is 71.8 Å². The van der Waals surface area contributed by atoms with Crippen LogP contribution in [0.2, 0.25) is 0 Å². The number of amides is 2. The first-order valence-electron chi connectivity index (χ1n) is 14.5.